The predicted molar refractivity (Wildman–Crippen MR) is 66.8 cm³/mol. The zero-order chi connectivity index (χ0) is 13.2. The molecule has 0 aliphatic heterocycles. The lowest BCUT2D eigenvalue weighted by Crippen LogP contribution is -2.13. The second kappa shape index (κ2) is 5.52. The van der Waals surface area contributed by atoms with Crippen molar-refractivity contribution in [2.45, 2.75) is 23.3 Å². The zero-order valence-electron chi connectivity index (χ0n) is 8.81. The van der Waals surface area contributed by atoms with Gasteiger partial charge in [-0.15, -0.1) is 0 Å². The van der Waals surface area contributed by atoms with E-state index in [4.69, 9.17) is 0 Å². The van der Waals surface area contributed by atoms with Crippen LogP contribution in [-0.4, -0.2) is 10.6 Å². The van der Waals surface area contributed by atoms with Crippen molar-refractivity contribution in [3.63, 3.8) is 0 Å². The number of carbonyl (C=O) groups excluding carboxylic acids is 1. The van der Waals surface area contributed by atoms with E-state index in [-0.39, 0.29) is 16.7 Å². The molecule has 6 heteroatoms. The van der Waals surface area contributed by atoms with E-state index in [1.807, 2.05) is 0 Å². The van der Waals surface area contributed by atoms with Crippen molar-refractivity contribution in [3.05, 3.63) is 34.9 Å². The molecule has 0 bridgehead atoms. The molecule has 1 nitrogen and oxygen atoms in total. The highest BCUT2D eigenvalue weighted by molar-refractivity contribution is 9.10. The van der Waals surface area contributed by atoms with Gasteiger partial charge in [0.15, 0.2) is 5.78 Å². The molecule has 0 aliphatic rings. The third-order valence-corrected chi connectivity index (χ3v) is 3.18. The Kier molecular flexibility index (Phi) is 4.77. The molecule has 0 radical (unpaired) electrons. The van der Waals surface area contributed by atoms with Crippen LogP contribution in [0.3, 0.4) is 0 Å². The van der Waals surface area contributed by atoms with Crippen LogP contribution in [0.25, 0.3) is 0 Å². The van der Waals surface area contributed by atoms with Gasteiger partial charge < -0.3 is 0 Å². The Hall–Kier alpha value is -0.360. The first kappa shape index (κ1) is 14.7. The molecule has 1 rings (SSSR count). The number of rotatable bonds is 3. The van der Waals surface area contributed by atoms with Crippen molar-refractivity contribution in [3.8, 4) is 0 Å². The van der Waals surface area contributed by atoms with Crippen LogP contribution in [0.4, 0.5) is 13.2 Å². The summed E-state index contributed by atoms with van der Waals surface area (Å²) in [6, 6.07) is 3.38. The van der Waals surface area contributed by atoms with Gasteiger partial charge in [0.05, 0.1) is 10.4 Å². The molecule has 0 saturated heterocycles. The van der Waals surface area contributed by atoms with Gasteiger partial charge in [0.1, 0.15) is 0 Å². The lowest BCUT2D eigenvalue weighted by molar-refractivity contribution is -0.137. The number of carbonyl (C=O) groups is 1. The van der Waals surface area contributed by atoms with Crippen molar-refractivity contribution < 1.29 is 18.0 Å². The first-order valence-corrected chi connectivity index (χ1v) is 6.75. The SMILES string of the molecule is CC(Br)C(=O)c1cc(CBr)cc(C(F)(F)F)c1. The van der Waals surface area contributed by atoms with E-state index < -0.39 is 16.6 Å². The number of ketones is 1. The Morgan fingerprint density at radius 3 is 2.35 bits per heavy atom. The lowest BCUT2D eigenvalue weighted by Gasteiger charge is -2.11. The second-order valence-corrected chi connectivity index (χ2v) is 5.46. The van der Waals surface area contributed by atoms with Crippen LogP contribution < -0.4 is 0 Å². The molecule has 0 aliphatic carbocycles. The highest BCUT2D eigenvalue weighted by atomic mass is 79.9. The van der Waals surface area contributed by atoms with Crippen LogP contribution in [0.5, 0.6) is 0 Å². The fraction of sp³-hybridized carbons (Fsp3) is 0.364. The summed E-state index contributed by atoms with van der Waals surface area (Å²) in [5.74, 6) is -0.363. The topological polar surface area (TPSA) is 17.1 Å². The molecule has 0 amide bonds. The summed E-state index contributed by atoms with van der Waals surface area (Å²) in [5.41, 5.74) is -0.305. The van der Waals surface area contributed by atoms with E-state index in [0.717, 1.165) is 12.1 Å². The minimum Gasteiger partial charge on any atom is -0.293 e. The van der Waals surface area contributed by atoms with Crippen molar-refractivity contribution in [2.75, 3.05) is 0 Å². The molecule has 17 heavy (non-hydrogen) atoms. The van der Waals surface area contributed by atoms with Crippen LogP contribution >= 0.6 is 31.9 Å². The van der Waals surface area contributed by atoms with Crippen LogP contribution in [-0.2, 0) is 11.5 Å². The molecule has 0 saturated carbocycles. The quantitative estimate of drug-likeness (QED) is 0.560. The van der Waals surface area contributed by atoms with Gasteiger partial charge in [0.25, 0.3) is 0 Å². The van der Waals surface area contributed by atoms with Gasteiger partial charge in [-0.2, -0.15) is 13.2 Å². The molecule has 1 aromatic carbocycles. The van der Waals surface area contributed by atoms with E-state index >= 15 is 0 Å². The average molecular weight is 374 g/mol. The fourth-order valence-electron chi connectivity index (χ4n) is 1.30. The molecule has 1 unspecified atom stereocenters. The Morgan fingerprint density at radius 2 is 1.94 bits per heavy atom. The molecule has 1 atom stereocenters. The fourth-order valence-corrected chi connectivity index (χ4v) is 1.89. The van der Waals surface area contributed by atoms with Gasteiger partial charge in [-0.3, -0.25) is 4.79 Å². The normalized spacial score (nSPS) is 13.5. The first-order valence-electron chi connectivity index (χ1n) is 4.71. The van der Waals surface area contributed by atoms with Gasteiger partial charge in [0, 0.05) is 10.9 Å². The van der Waals surface area contributed by atoms with Crippen molar-refractivity contribution in [1.82, 2.24) is 0 Å². The van der Waals surface area contributed by atoms with Crippen LogP contribution in [0.15, 0.2) is 18.2 Å². The standard InChI is InChI=1S/C11H9Br2F3O/c1-6(13)10(17)8-2-7(5-12)3-9(4-8)11(14,15)16/h2-4,6H,5H2,1H3. The van der Waals surface area contributed by atoms with E-state index in [1.54, 1.807) is 6.92 Å². The molecule has 0 spiro atoms. The summed E-state index contributed by atoms with van der Waals surface area (Å²) in [5, 5.41) is 0.272. The van der Waals surface area contributed by atoms with E-state index in [0.29, 0.717) is 5.56 Å². The Balaban J connectivity index is 3.28. The summed E-state index contributed by atoms with van der Waals surface area (Å²) in [6.45, 7) is 1.58. The summed E-state index contributed by atoms with van der Waals surface area (Å²) >= 11 is 6.14. The molecule has 1 aromatic rings. The van der Waals surface area contributed by atoms with Crippen molar-refractivity contribution >= 4 is 37.6 Å². The number of halogens is 5. The van der Waals surface area contributed by atoms with Crippen LogP contribution in [0.2, 0.25) is 0 Å². The van der Waals surface area contributed by atoms with Gasteiger partial charge in [-0.1, -0.05) is 31.9 Å². The average Bonchev–Trinajstić information content (AvgIpc) is 2.26. The van der Waals surface area contributed by atoms with Gasteiger partial charge in [-0.05, 0) is 30.7 Å². The maximum absolute atomic E-state index is 12.6. The monoisotopic (exact) mass is 372 g/mol. The van der Waals surface area contributed by atoms with Crippen LogP contribution in [0.1, 0.15) is 28.4 Å². The maximum atomic E-state index is 12.6. The summed E-state index contributed by atoms with van der Waals surface area (Å²) in [7, 11) is 0. The van der Waals surface area contributed by atoms with E-state index in [9.17, 15) is 18.0 Å². The molecule has 0 fully saturated rings. The van der Waals surface area contributed by atoms with Crippen LogP contribution in [0, 0.1) is 0 Å². The highest BCUT2D eigenvalue weighted by Crippen LogP contribution is 2.31. The maximum Gasteiger partial charge on any atom is 0.416 e. The number of hydrogen-bond acceptors (Lipinski definition) is 1. The molecule has 0 heterocycles. The Morgan fingerprint density at radius 1 is 1.35 bits per heavy atom. The third kappa shape index (κ3) is 3.81. The van der Waals surface area contributed by atoms with E-state index in [2.05, 4.69) is 31.9 Å². The number of alkyl halides is 5. The minimum atomic E-state index is -4.44. The molecular weight excluding hydrogens is 365 g/mol. The summed E-state index contributed by atoms with van der Waals surface area (Å²) in [6.07, 6.45) is -4.44. The van der Waals surface area contributed by atoms with Crippen molar-refractivity contribution in [1.29, 1.82) is 0 Å². The molecule has 0 aromatic heterocycles. The van der Waals surface area contributed by atoms with Crippen molar-refractivity contribution in [2.24, 2.45) is 0 Å². The third-order valence-electron chi connectivity index (χ3n) is 2.12. The lowest BCUT2D eigenvalue weighted by atomic mass is 10.0. The Labute approximate surface area is 114 Å². The molecule has 0 N–H and O–H groups in total. The second-order valence-electron chi connectivity index (χ2n) is 3.53. The predicted octanol–water partition coefficient (Wildman–Crippen LogP) is 4.57. The Bertz CT molecular complexity index is 427. The van der Waals surface area contributed by atoms with Gasteiger partial charge >= 0.3 is 6.18 Å². The van der Waals surface area contributed by atoms with Gasteiger partial charge in [0.2, 0.25) is 0 Å². The number of hydrogen-bond donors (Lipinski definition) is 0. The number of Topliss-reactive ketones (excluding diaryl/α,β-unsaturated/α-hetero) is 1. The summed E-state index contributed by atoms with van der Waals surface area (Å²) < 4.78 is 37.8. The molecule has 94 valence electrons. The van der Waals surface area contributed by atoms with E-state index in [1.165, 1.54) is 6.07 Å². The first-order chi connectivity index (χ1) is 7.75. The van der Waals surface area contributed by atoms with Gasteiger partial charge in [-0.25, -0.2) is 0 Å². The molecular formula is C11H9Br2F3O. The number of benzene rings is 1. The minimum absolute atomic E-state index is 0.0682. The largest absolute Gasteiger partial charge is 0.416 e. The zero-order valence-corrected chi connectivity index (χ0v) is 12.0. The smallest absolute Gasteiger partial charge is 0.293 e. The summed E-state index contributed by atoms with van der Waals surface area (Å²) in [4.78, 5) is 11.2. The highest BCUT2D eigenvalue weighted by Gasteiger charge is 2.31.